The Morgan fingerprint density at radius 3 is 2.23 bits per heavy atom. The lowest BCUT2D eigenvalue weighted by Gasteiger charge is -2.31. The zero-order valence-corrected chi connectivity index (χ0v) is 27.1. The second kappa shape index (κ2) is 19.1. The van der Waals surface area contributed by atoms with Crippen molar-refractivity contribution in [3.05, 3.63) is 35.9 Å². The van der Waals surface area contributed by atoms with Crippen LogP contribution in [0.5, 0.6) is 0 Å². The lowest BCUT2D eigenvalue weighted by atomic mass is 9.83. The zero-order valence-electron chi connectivity index (χ0n) is 25.5. The van der Waals surface area contributed by atoms with E-state index in [1.54, 1.807) is 13.8 Å². The lowest BCUT2D eigenvalue weighted by Crippen LogP contribution is -2.59. The van der Waals surface area contributed by atoms with Crippen molar-refractivity contribution >= 4 is 47.9 Å². The molecule has 43 heavy (non-hydrogen) atoms. The Bertz CT molecular complexity index is 1020. The van der Waals surface area contributed by atoms with Crippen molar-refractivity contribution in [2.45, 2.75) is 108 Å². The molecule has 0 radical (unpaired) electrons. The summed E-state index contributed by atoms with van der Waals surface area (Å²) in [5.41, 5.74) is 0.877. The topological polar surface area (TPSA) is 146 Å². The van der Waals surface area contributed by atoms with Crippen molar-refractivity contribution in [2.75, 3.05) is 18.6 Å². The number of carbonyl (C=O) groups excluding carboxylic acids is 4. The van der Waals surface area contributed by atoms with Crippen molar-refractivity contribution in [3.63, 3.8) is 0 Å². The van der Waals surface area contributed by atoms with Crippen LogP contribution in [0, 0.1) is 5.92 Å². The molecule has 0 spiro atoms. The summed E-state index contributed by atoms with van der Waals surface area (Å²) >= 11 is 1.39. The van der Waals surface area contributed by atoms with E-state index in [9.17, 15) is 24.3 Å². The number of nitrogens with one attached hydrogen (secondary N) is 4. The average Bonchev–Trinajstić information content (AvgIpc) is 3.52. The summed E-state index contributed by atoms with van der Waals surface area (Å²) in [5.74, 6) is -1.43. The molecular formula is C31H49ClN4O6S. The Morgan fingerprint density at radius 2 is 1.63 bits per heavy atom. The van der Waals surface area contributed by atoms with Gasteiger partial charge in [-0.05, 0) is 57.4 Å². The van der Waals surface area contributed by atoms with Gasteiger partial charge in [0.05, 0.1) is 18.2 Å². The number of carbonyl (C=O) groups is 4. The minimum absolute atomic E-state index is 0. The molecule has 3 rings (SSSR count). The Morgan fingerprint density at radius 1 is 0.953 bits per heavy atom. The van der Waals surface area contributed by atoms with Gasteiger partial charge in [-0.25, -0.2) is 4.79 Å². The van der Waals surface area contributed by atoms with E-state index in [1.807, 2.05) is 36.6 Å². The Labute approximate surface area is 266 Å². The molecule has 1 saturated carbocycles. The van der Waals surface area contributed by atoms with Crippen LogP contribution in [0.3, 0.4) is 0 Å². The van der Waals surface area contributed by atoms with Crippen LogP contribution in [-0.2, 0) is 30.3 Å². The number of benzene rings is 1. The van der Waals surface area contributed by atoms with Crippen LogP contribution in [0.4, 0.5) is 0 Å². The van der Waals surface area contributed by atoms with E-state index in [-0.39, 0.29) is 42.4 Å². The number of amides is 3. The molecule has 1 heterocycles. The monoisotopic (exact) mass is 640 g/mol. The molecule has 242 valence electrons. The fraction of sp³-hybridized carbons (Fsp3) is 0.677. The number of halogens is 1. The van der Waals surface area contributed by atoms with Gasteiger partial charge in [0, 0.05) is 12.2 Å². The quantitative estimate of drug-likeness (QED) is 0.184. The highest BCUT2D eigenvalue weighted by atomic mass is 35.5. The second-order valence-electron chi connectivity index (χ2n) is 11.7. The van der Waals surface area contributed by atoms with Gasteiger partial charge in [-0.1, -0.05) is 62.4 Å². The number of aliphatic hydroxyl groups is 1. The Hall–Kier alpha value is -2.34. The summed E-state index contributed by atoms with van der Waals surface area (Å²) in [4.78, 5) is 52.7. The molecule has 2 aliphatic rings. The standard InChI is InChI=1S/C31H48N4O6S.ClH/c1-20(2)41-31(40)27(36)24(17-21-11-6-4-7-12-21)33-30(39)26(19-42-3)35-29(38)25(18-22-13-8-5-9-14-22)34-28(37)23-15-10-16-32-23;/h5,8-9,13-14,20-21,23-27,32,36H,4,6-7,10-12,15-19H2,1-3H3,(H,33,39)(H,34,37)(H,35,38);1H/t23-,24-,25-,26-,27+;/m0./s1. The first-order valence-electron chi connectivity index (χ1n) is 15.2. The number of hydrogen-bond acceptors (Lipinski definition) is 8. The normalized spacial score (nSPS) is 19.8. The fourth-order valence-corrected chi connectivity index (χ4v) is 6.23. The number of thioether (sulfide) groups is 1. The average molecular weight is 641 g/mol. The van der Waals surface area contributed by atoms with E-state index < -0.39 is 48.1 Å². The highest BCUT2D eigenvalue weighted by Crippen LogP contribution is 2.28. The maximum absolute atomic E-state index is 13.6. The van der Waals surface area contributed by atoms with Crippen LogP contribution in [0.25, 0.3) is 0 Å². The highest BCUT2D eigenvalue weighted by Gasteiger charge is 2.35. The molecular weight excluding hydrogens is 592 g/mol. The van der Waals surface area contributed by atoms with Crippen molar-refractivity contribution in [1.82, 2.24) is 21.3 Å². The van der Waals surface area contributed by atoms with Crippen molar-refractivity contribution in [3.8, 4) is 0 Å². The highest BCUT2D eigenvalue weighted by molar-refractivity contribution is 7.98. The van der Waals surface area contributed by atoms with E-state index in [0.29, 0.717) is 12.8 Å². The molecule has 1 saturated heterocycles. The molecule has 1 aliphatic heterocycles. The SMILES string of the molecule is CSC[C@H](NC(=O)[C@H](Cc1ccccc1)NC(=O)[C@@H]1CCCN1)C(=O)N[C@@H](CC1CCCCC1)[C@@H](O)C(=O)OC(C)C.Cl. The molecule has 12 heteroatoms. The smallest absolute Gasteiger partial charge is 0.337 e. The van der Waals surface area contributed by atoms with Crippen molar-refractivity contribution in [2.24, 2.45) is 5.92 Å². The van der Waals surface area contributed by atoms with E-state index in [0.717, 1.165) is 50.6 Å². The molecule has 3 amide bonds. The third-order valence-electron chi connectivity index (χ3n) is 7.87. The minimum Gasteiger partial charge on any atom is -0.461 e. The van der Waals surface area contributed by atoms with Crippen LogP contribution >= 0.6 is 24.2 Å². The third-order valence-corrected chi connectivity index (χ3v) is 8.54. The third kappa shape index (κ3) is 12.3. The number of ether oxygens (including phenoxy) is 1. The first kappa shape index (κ1) is 36.8. The van der Waals surface area contributed by atoms with Gasteiger partial charge in [0.1, 0.15) is 12.1 Å². The maximum atomic E-state index is 13.6. The van der Waals surface area contributed by atoms with Crippen LogP contribution in [0.2, 0.25) is 0 Å². The summed E-state index contributed by atoms with van der Waals surface area (Å²) in [6.45, 7) is 4.16. The minimum atomic E-state index is -1.52. The van der Waals surface area contributed by atoms with Gasteiger partial charge >= 0.3 is 5.97 Å². The van der Waals surface area contributed by atoms with Crippen molar-refractivity contribution in [1.29, 1.82) is 0 Å². The van der Waals surface area contributed by atoms with Crippen molar-refractivity contribution < 1.29 is 29.0 Å². The number of hydrogen-bond donors (Lipinski definition) is 5. The van der Waals surface area contributed by atoms with Gasteiger partial charge in [0.2, 0.25) is 17.7 Å². The summed E-state index contributed by atoms with van der Waals surface area (Å²) in [7, 11) is 0. The molecule has 0 aromatic heterocycles. The molecule has 5 atom stereocenters. The summed E-state index contributed by atoms with van der Waals surface area (Å²) in [6.07, 6.45) is 7.47. The van der Waals surface area contributed by atoms with Gasteiger partial charge < -0.3 is 31.1 Å². The van der Waals surface area contributed by atoms with Gasteiger partial charge in [-0.2, -0.15) is 11.8 Å². The van der Waals surface area contributed by atoms with E-state index in [4.69, 9.17) is 4.74 Å². The Balaban J connectivity index is 0.00000645. The number of aliphatic hydroxyl groups excluding tert-OH is 1. The molecule has 0 bridgehead atoms. The largest absolute Gasteiger partial charge is 0.461 e. The van der Waals surface area contributed by atoms with E-state index in [1.165, 1.54) is 11.8 Å². The van der Waals surface area contributed by atoms with Crippen LogP contribution < -0.4 is 21.3 Å². The molecule has 1 aromatic carbocycles. The molecule has 0 unspecified atom stereocenters. The summed E-state index contributed by atoms with van der Waals surface area (Å²) < 4.78 is 5.24. The van der Waals surface area contributed by atoms with Gasteiger partial charge in [-0.15, -0.1) is 12.4 Å². The number of esters is 1. The van der Waals surface area contributed by atoms with Crippen LogP contribution in [0.1, 0.15) is 70.8 Å². The second-order valence-corrected chi connectivity index (χ2v) is 12.6. The summed E-state index contributed by atoms with van der Waals surface area (Å²) in [5, 5.41) is 22.7. The predicted octanol–water partition coefficient (Wildman–Crippen LogP) is 2.50. The van der Waals surface area contributed by atoms with E-state index >= 15 is 0 Å². The Kier molecular flexibility index (Phi) is 16.4. The zero-order chi connectivity index (χ0) is 30.5. The number of rotatable bonds is 15. The first-order valence-corrected chi connectivity index (χ1v) is 16.6. The van der Waals surface area contributed by atoms with Gasteiger partial charge in [0.25, 0.3) is 0 Å². The van der Waals surface area contributed by atoms with Crippen LogP contribution in [-0.4, -0.2) is 83.7 Å². The molecule has 10 nitrogen and oxygen atoms in total. The van der Waals surface area contributed by atoms with Crippen LogP contribution in [0.15, 0.2) is 30.3 Å². The molecule has 1 aliphatic carbocycles. The van der Waals surface area contributed by atoms with E-state index in [2.05, 4.69) is 21.3 Å². The molecule has 1 aromatic rings. The predicted molar refractivity (Wildman–Crippen MR) is 171 cm³/mol. The maximum Gasteiger partial charge on any atom is 0.337 e. The fourth-order valence-electron chi connectivity index (χ4n) is 5.66. The van der Waals surface area contributed by atoms with Gasteiger partial charge in [-0.3, -0.25) is 14.4 Å². The first-order chi connectivity index (χ1) is 20.2. The molecule has 2 fully saturated rings. The van der Waals surface area contributed by atoms with Gasteiger partial charge in [0.15, 0.2) is 6.10 Å². The lowest BCUT2D eigenvalue weighted by molar-refractivity contribution is -0.159. The molecule has 5 N–H and O–H groups in total. The summed E-state index contributed by atoms with van der Waals surface area (Å²) in [6, 6.07) is 6.38.